The number of benzene rings is 2. The third kappa shape index (κ3) is 5.63. The van der Waals surface area contributed by atoms with Crippen molar-refractivity contribution >= 4 is 50.2 Å². The van der Waals surface area contributed by atoms with E-state index in [1.807, 2.05) is 69.3 Å². The van der Waals surface area contributed by atoms with Crippen molar-refractivity contribution in [1.82, 2.24) is 9.88 Å². The normalized spacial score (nSPS) is 14.3. The lowest BCUT2D eigenvalue weighted by Gasteiger charge is -2.37. The molecule has 0 atom stereocenters. The Morgan fingerprint density at radius 2 is 1.73 bits per heavy atom. The minimum absolute atomic E-state index is 0.271. The average molecular weight is 511 g/mol. The van der Waals surface area contributed by atoms with Crippen molar-refractivity contribution in [1.29, 1.82) is 0 Å². The molecular weight excluding hydrogens is 484 g/mol. The first-order valence-electron chi connectivity index (χ1n) is 10.9. The number of ether oxygens (including phenoxy) is 1. The molecule has 1 saturated heterocycles. The van der Waals surface area contributed by atoms with Gasteiger partial charge in [-0.15, -0.1) is 0 Å². The van der Waals surface area contributed by atoms with Gasteiger partial charge >= 0.3 is 6.09 Å². The van der Waals surface area contributed by atoms with Crippen LogP contribution in [0.2, 0.25) is 0 Å². The van der Waals surface area contributed by atoms with Crippen LogP contribution in [0.15, 0.2) is 59.1 Å². The second-order valence-electron chi connectivity index (χ2n) is 8.96. The zero-order chi connectivity index (χ0) is 23.6. The molecule has 2 heterocycles. The van der Waals surface area contributed by atoms with Crippen LogP contribution in [0.5, 0.6) is 0 Å². The predicted octanol–water partition coefficient (Wildman–Crippen LogP) is 5.31. The van der Waals surface area contributed by atoms with Crippen LogP contribution in [0.1, 0.15) is 31.3 Å². The Morgan fingerprint density at radius 1 is 1.00 bits per heavy atom. The molecule has 0 saturated carbocycles. The van der Waals surface area contributed by atoms with Gasteiger partial charge in [0.2, 0.25) is 0 Å². The van der Waals surface area contributed by atoms with E-state index in [0.29, 0.717) is 37.6 Å². The molecule has 4 rings (SSSR count). The summed E-state index contributed by atoms with van der Waals surface area (Å²) in [5, 5.41) is 4.00. The number of amides is 2. The molecule has 2 aromatic carbocycles. The highest BCUT2D eigenvalue weighted by Gasteiger charge is 2.27. The van der Waals surface area contributed by atoms with Crippen LogP contribution >= 0.6 is 15.9 Å². The molecule has 33 heavy (non-hydrogen) atoms. The number of fused-ring (bicyclic) bond motifs is 1. The molecule has 0 radical (unpaired) electrons. The van der Waals surface area contributed by atoms with Crippen molar-refractivity contribution in [2.75, 3.05) is 36.4 Å². The van der Waals surface area contributed by atoms with E-state index in [4.69, 9.17) is 4.74 Å². The number of halogens is 1. The number of carbonyl (C=O) groups excluding carboxylic acids is 2. The van der Waals surface area contributed by atoms with Gasteiger partial charge in [-0.2, -0.15) is 0 Å². The smallest absolute Gasteiger partial charge is 0.410 e. The van der Waals surface area contributed by atoms with E-state index in [2.05, 4.69) is 31.1 Å². The van der Waals surface area contributed by atoms with Crippen LogP contribution in [-0.2, 0) is 4.74 Å². The topological polar surface area (TPSA) is 74.8 Å². The van der Waals surface area contributed by atoms with E-state index in [1.165, 1.54) is 0 Å². The molecule has 0 spiro atoms. The Morgan fingerprint density at radius 3 is 2.45 bits per heavy atom. The highest BCUT2D eigenvalue weighted by Crippen LogP contribution is 2.31. The van der Waals surface area contributed by atoms with Gasteiger partial charge in [0.15, 0.2) is 0 Å². The Balaban J connectivity index is 1.49. The standard InChI is InChI=1S/C25H27BrN4O3/c1-25(2,3)33-24(32)30-14-12-29(13-15-30)22-11-9-18(26)16-21(22)28-23(31)20-10-8-17-6-4-5-7-19(17)27-20/h4-11,16H,12-15H2,1-3H3,(H,28,31). The summed E-state index contributed by atoms with van der Waals surface area (Å²) in [7, 11) is 0. The van der Waals surface area contributed by atoms with Gasteiger partial charge in [-0.3, -0.25) is 4.79 Å². The minimum Gasteiger partial charge on any atom is -0.444 e. The fourth-order valence-electron chi connectivity index (χ4n) is 3.72. The number of anilines is 2. The van der Waals surface area contributed by atoms with Gasteiger partial charge in [-0.1, -0.05) is 40.2 Å². The first-order chi connectivity index (χ1) is 15.7. The van der Waals surface area contributed by atoms with Crippen LogP contribution in [-0.4, -0.2) is 53.7 Å². The van der Waals surface area contributed by atoms with E-state index >= 15 is 0 Å². The van der Waals surface area contributed by atoms with Gasteiger partial charge in [0, 0.05) is 36.0 Å². The first kappa shape index (κ1) is 23.0. The van der Waals surface area contributed by atoms with Gasteiger partial charge in [0.25, 0.3) is 5.91 Å². The van der Waals surface area contributed by atoms with E-state index < -0.39 is 5.60 Å². The fourth-order valence-corrected chi connectivity index (χ4v) is 4.08. The lowest BCUT2D eigenvalue weighted by Crippen LogP contribution is -2.50. The zero-order valence-corrected chi connectivity index (χ0v) is 20.6. The number of pyridine rings is 1. The number of hydrogen-bond acceptors (Lipinski definition) is 5. The number of piperazine rings is 1. The quantitative estimate of drug-likeness (QED) is 0.516. The highest BCUT2D eigenvalue weighted by atomic mass is 79.9. The van der Waals surface area contributed by atoms with Crippen molar-refractivity contribution in [3.8, 4) is 0 Å². The molecule has 3 aromatic rings. The molecule has 0 unspecified atom stereocenters. The second kappa shape index (κ2) is 9.39. The molecule has 1 N–H and O–H groups in total. The number of rotatable bonds is 3. The summed E-state index contributed by atoms with van der Waals surface area (Å²) in [6.45, 7) is 7.96. The predicted molar refractivity (Wildman–Crippen MR) is 134 cm³/mol. The molecule has 1 aliphatic rings. The molecule has 2 amide bonds. The molecule has 0 bridgehead atoms. The van der Waals surface area contributed by atoms with Gasteiger partial charge < -0.3 is 19.9 Å². The Bertz CT molecular complexity index is 1180. The van der Waals surface area contributed by atoms with Gasteiger partial charge in [-0.05, 0) is 51.1 Å². The SMILES string of the molecule is CC(C)(C)OC(=O)N1CCN(c2ccc(Br)cc2NC(=O)c2ccc3ccccc3n2)CC1. The number of para-hydroxylation sites is 1. The van der Waals surface area contributed by atoms with Crippen molar-refractivity contribution < 1.29 is 14.3 Å². The van der Waals surface area contributed by atoms with Crippen LogP contribution in [0.4, 0.5) is 16.2 Å². The maximum absolute atomic E-state index is 13.0. The number of hydrogen-bond donors (Lipinski definition) is 1. The summed E-state index contributed by atoms with van der Waals surface area (Å²) < 4.78 is 6.35. The maximum Gasteiger partial charge on any atom is 0.410 e. The second-order valence-corrected chi connectivity index (χ2v) is 9.87. The Kier molecular flexibility index (Phi) is 6.56. The maximum atomic E-state index is 13.0. The third-order valence-electron chi connectivity index (χ3n) is 5.31. The van der Waals surface area contributed by atoms with Crippen LogP contribution in [0, 0.1) is 0 Å². The van der Waals surface area contributed by atoms with Crippen molar-refractivity contribution in [3.63, 3.8) is 0 Å². The summed E-state index contributed by atoms with van der Waals surface area (Å²) in [6, 6.07) is 17.1. The highest BCUT2D eigenvalue weighted by molar-refractivity contribution is 9.10. The van der Waals surface area contributed by atoms with E-state index in [-0.39, 0.29) is 12.0 Å². The monoisotopic (exact) mass is 510 g/mol. The third-order valence-corrected chi connectivity index (χ3v) is 5.80. The minimum atomic E-state index is -0.520. The summed E-state index contributed by atoms with van der Waals surface area (Å²) in [6.07, 6.45) is -0.297. The number of carbonyl (C=O) groups is 2. The largest absolute Gasteiger partial charge is 0.444 e. The van der Waals surface area contributed by atoms with Gasteiger partial charge in [-0.25, -0.2) is 9.78 Å². The number of nitrogens with zero attached hydrogens (tertiary/aromatic N) is 3. The molecule has 1 fully saturated rings. The summed E-state index contributed by atoms with van der Waals surface area (Å²) in [4.78, 5) is 33.8. The zero-order valence-electron chi connectivity index (χ0n) is 19.0. The summed E-state index contributed by atoms with van der Waals surface area (Å²) in [5.41, 5.74) is 2.20. The number of aromatic nitrogens is 1. The summed E-state index contributed by atoms with van der Waals surface area (Å²) >= 11 is 3.50. The fraction of sp³-hybridized carbons (Fsp3) is 0.320. The lowest BCUT2D eigenvalue weighted by molar-refractivity contribution is 0.0240. The molecule has 172 valence electrons. The molecule has 1 aliphatic heterocycles. The average Bonchev–Trinajstić information content (AvgIpc) is 2.78. The van der Waals surface area contributed by atoms with E-state index in [9.17, 15) is 9.59 Å². The molecule has 7 nitrogen and oxygen atoms in total. The molecule has 8 heteroatoms. The van der Waals surface area contributed by atoms with Crippen LogP contribution < -0.4 is 10.2 Å². The van der Waals surface area contributed by atoms with E-state index in [0.717, 1.165) is 21.1 Å². The summed E-state index contributed by atoms with van der Waals surface area (Å²) in [5.74, 6) is -0.271. The van der Waals surface area contributed by atoms with Crippen molar-refractivity contribution in [2.45, 2.75) is 26.4 Å². The molecule has 0 aliphatic carbocycles. The van der Waals surface area contributed by atoms with Crippen molar-refractivity contribution in [3.05, 3.63) is 64.8 Å². The lowest BCUT2D eigenvalue weighted by atomic mass is 10.2. The molecular formula is C25H27BrN4O3. The van der Waals surface area contributed by atoms with Crippen molar-refractivity contribution in [2.24, 2.45) is 0 Å². The number of nitrogens with one attached hydrogen (secondary N) is 1. The Labute approximate surface area is 201 Å². The van der Waals surface area contributed by atoms with Crippen LogP contribution in [0.3, 0.4) is 0 Å². The van der Waals surface area contributed by atoms with Crippen LogP contribution in [0.25, 0.3) is 10.9 Å². The van der Waals surface area contributed by atoms with Gasteiger partial charge in [0.1, 0.15) is 11.3 Å². The first-order valence-corrected chi connectivity index (χ1v) is 11.7. The van der Waals surface area contributed by atoms with E-state index in [1.54, 1.807) is 11.0 Å². The Hall–Kier alpha value is -3.13. The van der Waals surface area contributed by atoms with Gasteiger partial charge in [0.05, 0.1) is 16.9 Å². The molecule has 1 aromatic heterocycles.